The minimum Gasteiger partial charge on any atom is -0.344 e. The predicted octanol–water partition coefficient (Wildman–Crippen LogP) is 5.40. The van der Waals surface area contributed by atoms with E-state index in [0.717, 1.165) is 15.3 Å². The molecule has 30 heavy (non-hydrogen) atoms. The Bertz CT molecular complexity index is 1100. The van der Waals surface area contributed by atoms with Gasteiger partial charge in [0.25, 0.3) is 0 Å². The van der Waals surface area contributed by atoms with Gasteiger partial charge >= 0.3 is 0 Å². The molecule has 152 valence electrons. The van der Waals surface area contributed by atoms with Crippen LogP contribution in [0.25, 0.3) is 12.2 Å². The lowest BCUT2D eigenvalue weighted by Crippen LogP contribution is -2.30. The number of H-pyrrole nitrogens is 1. The number of amides is 1. The van der Waals surface area contributed by atoms with E-state index in [-0.39, 0.29) is 17.7 Å². The number of thioether (sulfide) groups is 1. The second kappa shape index (κ2) is 9.88. The SMILES string of the molecule is Cc1ccc(C(NC(=O)CSc2n[nH]c(/C=C/c3cccs3)n2)c2cccs2)cc1. The normalized spacial score (nSPS) is 12.3. The van der Waals surface area contributed by atoms with Gasteiger partial charge in [-0.05, 0) is 47.5 Å². The van der Waals surface area contributed by atoms with E-state index in [2.05, 4.69) is 51.7 Å². The molecule has 1 amide bonds. The van der Waals surface area contributed by atoms with Gasteiger partial charge < -0.3 is 5.32 Å². The van der Waals surface area contributed by atoms with Crippen molar-refractivity contribution in [3.8, 4) is 0 Å². The summed E-state index contributed by atoms with van der Waals surface area (Å²) >= 11 is 4.61. The van der Waals surface area contributed by atoms with Crippen LogP contribution in [0.4, 0.5) is 0 Å². The molecule has 1 unspecified atom stereocenters. The van der Waals surface area contributed by atoms with Gasteiger partial charge in [-0.25, -0.2) is 4.98 Å². The number of thiophene rings is 2. The number of benzene rings is 1. The van der Waals surface area contributed by atoms with E-state index in [1.54, 1.807) is 22.7 Å². The molecule has 0 aliphatic heterocycles. The van der Waals surface area contributed by atoms with Crippen LogP contribution in [0.3, 0.4) is 0 Å². The van der Waals surface area contributed by atoms with Gasteiger partial charge in [0.05, 0.1) is 11.8 Å². The Morgan fingerprint density at radius 2 is 1.93 bits per heavy atom. The van der Waals surface area contributed by atoms with Crippen LogP contribution in [-0.2, 0) is 4.79 Å². The van der Waals surface area contributed by atoms with Gasteiger partial charge in [-0.3, -0.25) is 9.89 Å². The van der Waals surface area contributed by atoms with Crippen LogP contribution >= 0.6 is 34.4 Å². The van der Waals surface area contributed by atoms with Gasteiger partial charge in [-0.1, -0.05) is 53.7 Å². The standard InChI is InChI=1S/C22H20N4OS3/c1-15-6-8-16(9-7-15)21(18-5-3-13-29-18)24-20(27)14-30-22-23-19(25-26-22)11-10-17-4-2-12-28-17/h2-13,21H,14H2,1H3,(H,24,27)(H,23,25,26)/b11-10+. The number of hydrogen-bond acceptors (Lipinski definition) is 6. The highest BCUT2D eigenvalue weighted by Gasteiger charge is 2.18. The number of aryl methyl sites for hydroxylation is 1. The van der Waals surface area contributed by atoms with Gasteiger partial charge in [0, 0.05) is 9.75 Å². The van der Waals surface area contributed by atoms with Crippen molar-refractivity contribution in [2.75, 3.05) is 5.75 Å². The number of nitrogens with one attached hydrogen (secondary N) is 2. The maximum absolute atomic E-state index is 12.6. The fourth-order valence-corrected chi connectivity index (χ4v) is 4.85. The van der Waals surface area contributed by atoms with Crippen LogP contribution < -0.4 is 5.32 Å². The summed E-state index contributed by atoms with van der Waals surface area (Å²) in [4.78, 5) is 19.3. The minimum atomic E-state index is -0.157. The number of aromatic nitrogens is 3. The highest BCUT2D eigenvalue weighted by Crippen LogP contribution is 2.26. The van der Waals surface area contributed by atoms with Crippen molar-refractivity contribution in [2.45, 2.75) is 18.1 Å². The quantitative estimate of drug-likeness (QED) is 0.351. The van der Waals surface area contributed by atoms with Gasteiger partial charge in [0.1, 0.15) is 5.82 Å². The van der Waals surface area contributed by atoms with Crippen LogP contribution in [0.1, 0.15) is 32.7 Å². The molecule has 1 aromatic carbocycles. The predicted molar refractivity (Wildman–Crippen MR) is 126 cm³/mol. The number of aromatic amines is 1. The molecule has 0 radical (unpaired) electrons. The summed E-state index contributed by atoms with van der Waals surface area (Å²) < 4.78 is 0. The molecule has 1 atom stereocenters. The molecule has 4 rings (SSSR count). The highest BCUT2D eigenvalue weighted by atomic mass is 32.2. The third-order valence-electron chi connectivity index (χ3n) is 4.31. The highest BCUT2D eigenvalue weighted by molar-refractivity contribution is 7.99. The number of carbonyl (C=O) groups excluding carboxylic acids is 1. The molecule has 0 spiro atoms. The molecule has 0 saturated carbocycles. The monoisotopic (exact) mass is 452 g/mol. The van der Waals surface area contributed by atoms with Crippen molar-refractivity contribution in [3.05, 3.63) is 86.0 Å². The molecule has 0 fully saturated rings. The average molecular weight is 453 g/mol. The van der Waals surface area contributed by atoms with Crippen molar-refractivity contribution < 1.29 is 4.79 Å². The summed E-state index contributed by atoms with van der Waals surface area (Å²) in [5.74, 6) is 0.863. The number of rotatable bonds is 8. The average Bonchev–Trinajstić information content (AvgIpc) is 3.53. The van der Waals surface area contributed by atoms with Gasteiger partial charge in [-0.2, -0.15) is 0 Å². The van der Waals surface area contributed by atoms with E-state index in [0.29, 0.717) is 11.0 Å². The maximum Gasteiger partial charge on any atom is 0.231 e. The first-order valence-corrected chi connectivity index (χ1v) is 12.1. The third-order valence-corrected chi connectivity index (χ3v) is 6.93. The fourth-order valence-electron chi connectivity index (χ4n) is 2.81. The molecule has 0 bridgehead atoms. The second-order valence-electron chi connectivity index (χ2n) is 6.57. The smallest absolute Gasteiger partial charge is 0.231 e. The Kier molecular flexibility index (Phi) is 6.78. The zero-order valence-corrected chi connectivity index (χ0v) is 18.7. The molecule has 4 aromatic rings. The topological polar surface area (TPSA) is 70.7 Å². The maximum atomic E-state index is 12.6. The number of carbonyl (C=O) groups is 1. The van der Waals surface area contributed by atoms with E-state index in [4.69, 9.17) is 0 Å². The molecule has 3 aromatic heterocycles. The largest absolute Gasteiger partial charge is 0.344 e. The third kappa shape index (κ3) is 5.47. The van der Waals surface area contributed by atoms with Gasteiger partial charge in [0.15, 0.2) is 0 Å². The molecule has 0 aliphatic carbocycles. The van der Waals surface area contributed by atoms with E-state index in [9.17, 15) is 4.79 Å². The summed E-state index contributed by atoms with van der Waals surface area (Å²) in [5.41, 5.74) is 2.26. The van der Waals surface area contributed by atoms with E-state index in [1.165, 1.54) is 17.3 Å². The zero-order valence-electron chi connectivity index (χ0n) is 16.2. The molecule has 3 heterocycles. The molecule has 0 aliphatic rings. The number of nitrogens with zero attached hydrogens (tertiary/aromatic N) is 2. The van der Waals surface area contributed by atoms with Crippen LogP contribution in [0.2, 0.25) is 0 Å². The Morgan fingerprint density at radius 1 is 1.13 bits per heavy atom. The van der Waals surface area contributed by atoms with Crippen molar-refractivity contribution in [2.24, 2.45) is 0 Å². The Hall–Kier alpha value is -2.68. The molecule has 8 heteroatoms. The lowest BCUT2D eigenvalue weighted by atomic mass is 10.0. The van der Waals surface area contributed by atoms with Crippen molar-refractivity contribution in [1.82, 2.24) is 20.5 Å². The molecular weight excluding hydrogens is 432 g/mol. The van der Waals surface area contributed by atoms with Gasteiger partial charge in [-0.15, -0.1) is 27.8 Å². The Balaban J connectivity index is 1.36. The minimum absolute atomic E-state index is 0.0561. The first-order chi connectivity index (χ1) is 14.7. The summed E-state index contributed by atoms with van der Waals surface area (Å²) in [6.07, 6.45) is 3.87. The summed E-state index contributed by atoms with van der Waals surface area (Å²) in [5, 5.41) is 14.8. The van der Waals surface area contributed by atoms with Crippen molar-refractivity contribution in [3.63, 3.8) is 0 Å². The van der Waals surface area contributed by atoms with E-state index < -0.39 is 0 Å². The van der Waals surface area contributed by atoms with E-state index >= 15 is 0 Å². The Labute approximate surface area is 187 Å². The second-order valence-corrected chi connectivity index (χ2v) is 9.47. The molecule has 0 saturated heterocycles. The van der Waals surface area contributed by atoms with E-state index in [1.807, 2.05) is 47.2 Å². The zero-order chi connectivity index (χ0) is 20.8. The molecule has 2 N–H and O–H groups in total. The molecule has 5 nitrogen and oxygen atoms in total. The van der Waals surface area contributed by atoms with Crippen molar-refractivity contribution >= 4 is 52.5 Å². The summed E-state index contributed by atoms with van der Waals surface area (Å²) in [6, 6.07) is 16.2. The lowest BCUT2D eigenvalue weighted by molar-refractivity contribution is -0.119. The fraction of sp³-hybridized carbons (Fsp3) is 0.136. The first kappa shape index (κ1) is 20.6. The van der Waals surface area contributed by atoms with Crippen LogP contribution in [0.5, 0.6) is 0 Å². The number of hydrogen-bond donors (Lipinski definition) is 2. The lowest BCUT2D eigenvalue weighted by Gasteiger charge is -2.18. The van der Waals surface area contributed by atoms with Gasteiger partial charge in [0.2, 0.25) is 11.1 Å². The first-order valence-electron chi connectivity index (χ1n) is 9.33. The van der Waals surface area contributed by atoms with Crippen LogP contribution in [0, 0.1) is 6.92 Å². The van der Waals surface area contributed by atoms with Crippen LogP contribution in [-0.4, -0.2) is 26.8 Å². The van der Waals surface area contributed by atoms with Crippen LogP contribution in [0.15, 0.2) is 64.4 Å². The Morgan fingerprint density at radius 3 is 2.67 bits per heavy atom. The summed E-state index contributed by atoms with van der Waals surface area (Å²) in [6.45, 7) is 2.06. The summed E-state index contributed by atoms with van der Waals surface area (Å²) in [7, 11) is 0. The molecular formula is C22H20N4OS3. The van der Waals surface area contributed by atoms with Crippen molar-refractivity contribution in [1.29, 1.82) is 0 Å².